The SMILES string of the molecule is O=C(NCCNC(=O)c1ccc(OC2CCC(C(=O)O)CC2)c(F)c1F)c1ccc2ccc(C3CC3)cc2c1. The number of fused-ring (bicyclic) bond motifs is 1. The molecule has 2 fully saturated rings. The highest BCUT2D eigenvalue weighted by atomic mass is 19.2. The van der Waals surface area contributed by atoms with Crippen molar-refractivity contribution >= 4 is 28.6 Å². The maximum Gasteiger partial charge on any atom is 0.306 e. The Hall–Kier alpha value is -4.01. The summed E-state index contributed by atoms with van der Waals surface area (Å²) < 4.78 is 34.8. The van der Waals surface area contributed by atoms with Crippen molar-refractivity contribution in [3.8, 4) is 5.75 Å². The Labute approximate surface area is 224 Å². The molecule has 3 aromatic rings. The molecule has 0 unspecified atom stereocenters. The van der Waals surface area contributed by atoms with Crippen molar-refractivity contribution in [3.05, 3.63) is 76.9 Å². The fourth-order valence-corrected chi connectivity index (χ4v) is 5.03. The number of carboxylic acids is 1. The van der Waals surface area contributed by atoms with Crippen LogP contribution in [0.1, 0.15) is 70.7 Å². The Bertz CT molecular complexity index is 1410. The van der Waals surface area contributed by atoms with Crippen LogP contribution in [0.4, 0.5) is 8.78 Å². The molecule has 0 atom stereocenters. The molecule has 5 rings (SSSR count). The second-order valence-corrected chi connectivity index (χ2v) is 10.3. The van der Waals surface area contributed by atoms with E-state index in [4.69, 9.17) is 9.84 Å². The molecule has 7 nitrogen and oxygen atoms in total. The summed E-state index contributed by atoms with van der Waals surface area (Å²) in [5, 5.41) is 16.4. The van der Waals surface area contributed by atoms with Crippen LogP contribution in [-0.2, 0) is 4.79 Å². The zero-order chi connectivity index (χ0) is 27.5. The van der Waals surface area contributed by atoms with Gasteiger partial charge in [0.15, 0.2) is 11.6 Å². The first-order valence-corrected chi connectivity index (χ1v) is 13.3. The number of aliphatic carboxylic acids is 1. The van der Waals surface area contributed by atoms with Gasteiger partial charge in [-0.1, -0.05) is 24.3 Å². The highest BCUT2D eigenvalue weighted by Gasteiger charge is 2.28. The molecule has 3 N–H and O–H groups in total. The fourth-order valence-electron chi connectivity index (χ4n) is 5.03. The number of carbonyl (C=O) groups is 3. The Balaban J connectivity index is 1.11. The van der Waals surface area contributed by atoms with Gasteiger partial charge in [0.05, 0.1) is 17.6 Å². The number of hydrogen-bond acceptors (Lipinski definition) is 4. The van der Waals surface area contributed by atoms with Crippen LogP contribution in [0.3, 0.4) is 0 Å². The van der Waals surface area contributed by atoms with Crippen LogP contribution in [0.15, 0.2) is 48.5 Å². The molecule has 2 amide bonds. The number of rotatable bonds is 9. The van der Waals surface area contributed by atoms with E-state index >= 15 is 0 Å². The molecule has 3 aromatic carbocycles. The lowest BCUT2D eigenvalue weighted by Crippen LogP contribution is -2.35. The summed E-state index contributed by atoms with van der Waals surface area (Å²) in [6, 6.07) is 14.1. The van der Waals surface area contributed by atoms with Gasteiger partial charge in [-0.25, -0.2) is 4.39 Å². The molecular weight excluding hydrogens is 506 g/mol. The average molecular weight is 537 g/mol. The van der Waals surface area contributed by atoms with Crippen LogP contribution in [0.25, 0.3) is 10.8 Å². The number of nitrogens with one attached hydrogen (secondary N) is 2. The van der Waals surface area contributed by atoms with Gasteiger partial charge in [0.2, 0.25) is 5.82 Å². The molecule has 2 saturated carbocycles. The van der Waals surface area contributed by atoms with Crippen LogP contribution in [-0.4, -0.2) is 42.1 Å². The minimum absolute atomic E-state index is 0.0239. The van der Waals surface area contributed by atoms with E-state index in [1.807, 2.05) is 12.1 Å². The predicted molar refractivity (Wildman–Crippen MR) is 141 cm³/mol. The highest BCUT2D eigenvalue weighted by molar-refractivity contribution is 5.99. The number of carboxylic acid groups (broad SMARTS) is 1. The fraction of sp³-hybridized carbons (Fsp3) is 0.367. The summed E-state index contributed by atoms with van der Waals surface area (Å²) in [7, 11) is 0. The zero-order valence-electron chi connectivity index (χ0n) is 21.3. The lowest BCUT2D eigenvalue weighted by Gasteiger charge is -2.27. The Morgan fingerprint density at radius 1 is 0.795 bits per heavy atom. The molecule has 9 heteroatoms. The summed E-state index contributed by atoms with van der Waals surface area (Å²) in [5.74, 6) is -4.71. The van der Waals surface area contributed by atoms with Gasteiger partial charge in [0.25, 0.3) is 11.8 Å². The maximum atomic E-state index is 14.6. The molecule has 204 valence electrons. The van der Waals surface area contributed by atoms with Crippen molar-refractivity contribution in [1.82, 2.24) is 10.6 Å². The van der Waals surface area contributed by atoms with Gasteiger partial charge in [-0.05, 0) is 85.0 Å². The number of hydrogen-bond donors (Lipinski definition) is 3. The van der Waals surface area contributed by atoms with Gasteiger partial charge < -0.3 is 20.5 Å². The Morgan fingerprint density at radius 2 is 1.49 bits per heavy atom. The van der Waals surface area contributed by atoms with Crippen molar-refractivity contribution in [2.24, 2.45) is 5.92 Å². The van der Waals surface area contributed by atoms with Crippen molar-refractivity contribution < 1.29 is 33.0 Å². The first-order valence-electron chi connectivity index (χ1n) is 13.3. The third kappa shape index (κ3) is 6.19. The highest BCUT2D eigenvalue weighted by Crippen LogP contribution is 2.41. The number of carbonyl (C=O) groups excluding carboxylic acids is 2. The molecule has 2 aliphatic carbocycles. The van der Waals surface area contributed by atoms with E-state index in [1.54, 1.807) is 6.07 Å². The van der Waals surface area contributed by atoms with Crippen LogP contribution in [0.2, 0.25) is 0 Å². The lowest BCUT2D eigenvalue weighted by atomic mass is 9.87. The molecule has 0 aromatic heterocycles. The van der Waals surface area contributed by atoms with E-state index in [2.05, 4.69) is 28.8 Å². The van der Waals surface area contributed by atoms with Gasteiger partial charge >= 0.3 is 5.97 Å². The number of benzene rings is 3. The standard InChI is InChI=1S/C30H30F2N2O5/c31-26-24(11-12-25(27(26)32)39-23-9-7-19(8-10-23)30(37)38)29(36)34-14-13-33-28(35)21-6-4-18-3-5-20(17-1-2-17)15-22(18)16-21/h3-6,11-12,15-17,19,23H,1-2,7-10,13-14H2,(H,33,35)(H,34,36)(H,37,38). The van der Waals surface area contributed by atoms with Gasteiger partial charge in [-0.2, -0.15) is 4.39 Å². The molecule has 0 bridgehead atoms. The van der Waals surface area contributed by atoms with E-state index in [-0.39, 0.29) is 24.7 Å². The normalized spacial score (nSPS) is 18.9. The third-order valence-corrected chi connectivity index (χ3v) is 7.48. The molecular formula is C30H30F2N2O5. The Kier molecular flexibility index (Phi) is 7.77. The summed E-state index contributed by atoms with van der Waals surface area (Å²) in [4.78, 5) is 36.1. The van der Waals surface area contributed by atoms with Crippen molar-refractivity contribution in [1.29, 1.82) is 0 Å². The van der Waals surface area contributed by atoms with Gasteiger partial charge in [-0.15, -0.1) is 0 Å². The monoisotopic (exact) mass is 536 g/mol. The molecule has 0 spiro atoms. The minimum atomic E-state index is -1.32. The molecule has 0 radical (unpaired) electrons. The smallest absolute Gasteiger partial charge is 0.306 e. The van der Waals surface area contributed by atoms with E-state index in [0.717, 1.165) is 16.8 Å². The molecule has 0 aliphatic heterocycles. The first-order chi connectivity index (χ1) is 18.8. The summed E-state index contributed by atoms with van der Waals surface area (Å²) in [6.07, 6.45) is 3.64. The Morgan fingerprint density at radius 3 is 2.18 bits per heavy atom. The van der Waals surface area contributed by atoms with Crippen LogP contribution in [0, 0.1) is 17.6 Å². The van der Waals surface area contributed by atoms with Gasteiger partial charge in [0, 0.05) is 18.7 Å². The predicted octanol–water partition coefficient (Wildman–Crippen LogP) is 5.18. The van der Waals surface area contributed by atoms with Crippen molar-refractivity contribution in [2.45, 2.75) is 50.5 Å². The molecule has 0 saturated heterocycles. The van der Waals surface area contributed by atoms with E-state index in [1.165, 1.54) is 24.5 Å². The van der Waals surface area contributed by atoms with E-state index < -0.39 is 41.1 Å². The second-order valence-electron chi connectivity index (χ2n) is 10.3. The lowest BCUT2D eigenvalue weighted by molar-refractivity contribution is -0.143. The van der Waals surface area contributed by atoms with Crippen LogP contribution >= 0.6 is 0 Å². The van der Waals surface area contributed by atoms with Crippen molar-refractivity contribution in [2.75, 3.05) is 13.1 Å². The largest absolute Gasteiger partial charge is 0.487 e. The van der Waals surface area contributed by atoms with Gasteiger partial charge in [0.1, 0.15) is 0 Å². The molecule has 0 heterocycles. The summed E-state index contributed by atoms with van der Waals surface area (Å²) in [6.45, 7) is 0.130. The number of halogens is 2. The number of ether oxygens (including phenoxy) is 1. The molecule has 39 heavy (non-hydrogen) atoms. The second kappa shape index (κ2) is 11.4. The van der Waals surface area contributed by atoms with E-state index in [9.17, 15) is 23.2 Å². The number of amides is 2. The average Bonchev–Trinajstić information content (AvgIpc) is 3.79. The minimum Gasteiger partial charge on any atom is -0.487 e. The summed E-state index contributed by atoms with van der Waals surface area (Å²) in [5.41, 5.74) is 1.32. The quantitative estimate of drug-likeness (QED) is 0.327. The molecule has 2 aliphatic rings. The van der Waals surface area contributed by atoms with Crippen LogP contribution < -0.4 is 15.4 Å². The van der Waals surface area contributed by atoms with Crippen molar-refractivity contribution in [3.63, 3.8) is 0 Å². The first kappa shape index (κ1) is 26.6. The van der Waals surface area contributed by atoms with Crippen LogP contribution in [0.5, 0.6) is 5.75 Å². The third-order valence-electron chi connectivity index (χ3n) is 7.48. The summed E-state index contributed by atoms with van der Waals surface area (Å²) >= 11 is 0. The zero-order valence-corrected chi connectivity index (χ0v) is 21.3. The van der Waals surface area contributed by atoms with Gasteiger partial charge in [-0.3, -0.25) is 14.4 Å². The van der Waals surface area contributed by atoms with E-state index in [0.29, 0.717) is 37.2 Å². The topological polar surface area (TPSA) is 105 Å². The maximum absolute atomic E-state index is 14.6.